The van der Waals surface area contributed by atoms with Gasteiger partial charge in [-0.2, -0.15) is 5.26 Å². The van der Waals surface area contributed by atoms with Crippen molar-refractivity contribution in [3.8, 4) is 6.07 Å². The van der Waals surface area contributed by atoms with Gasteiger partial charge in [0.2, 0.25) is 0 Å². The Morgan fingerprint density at radius 1 is 1.44 bits per heavy atom. The molecule has 18 heavy (non-hydrogen) atoms. The molecule has 0 spiro atoms. The SMILES string of the molecule is N#Cc1ccc(NC(=O)c2csc(Br)c2)c(Cl)c1. The zero-order chi connectivity index (χ0) is 13.1. The van der Waals surface area contributed by atoms with E-state index < -0.39 is 0 Å². The number of carbonyl (C=O) groups excluding carboxylic acids is 1. The molecule has 1 heterocycles. The van der Waals surface area contributed by atoms with Gasteiger partial charge in [0.15, 0.2) is 0 Å². The highest BCUT2D eigenvalue weighted by atomic mass is 79.9. The third kappa shape index (κ3) is 2.91. The van der Waals surface area contributed by atoms with Crippen LogP contribution < -0.4 is 5.32 Å². The smallest absolute Gasteiger partial charge is 0.256 e. The quantitative estimate of drug-likeness (QED) is 0.886. The minimum Gasteiger partial charge on any atom is -0.321 e. The molecule has 2 rings (SSSR count). The molecule has 1 N–H and O–H groups in total. The molecule has 0 aliphatic rings. The van der Waals surface area contributed by atoms with E-state index in [-0.39, 0.29) is 5.91 Å². The lowest BCUT2D eigenvalue weighted by Gasteiger charge is -2.06. The number of amides is 1. The van der Waals surface area contributed by atoms with Crippen LogP contribution in [0.25, 0.3) is 0 Å². The fourth-order valence-electron chi connectivity index (χ4n) is 1.31. The molecule has 0 saturated heterocycles. The lowest BCUT2D eigenvalue weighted by molar-refractivity contribution is 0.102. The molecule has 6 heteroatoms. The van der Waals surface area contributed by atoms with E-state index in [1.165, 1.54) is 17.4 Å². The number of nitrogens with zero attached hydrogens (tertiary/aromatic N) is 1. The van der Waals surface area contributed by atoms with Crippen LogP contribution in [-0.4, -0.2) is 5.91 Å². The maximum Gasteiger partial charge on any atom is 0.256 e. The summed E-state index contributed by atoms with van der Waals surface area (Å²) in [5.41, 5.74) is 1.51. The Kier molecular flexibility index (Phi) is 4.02. The van der Waals surface area contributed by atoms with E-state index in [0.717, 1.165) is 3.79 Å². The molecule has 1 amide bonds. The number of benzene rings is 1. The van der Waals surface area contributed by atoms with Gasteiger partial charge in [-0.3, -0.25) is 4.79 Å². The summed E-state index contributed by atoms with van der Waals surface area (Å²) < 4.78 is 0.888. The van der Waals surface area contributed by atoms with E-state index in [9.17, 15) is 4.79 Å². The van der Waals surface area contributed by atoms with Gasteiger partial charge in [0.25, 0.3) is 5.91 Å². The van der Waals surface area contributed by atoms with Crippen LogP contribution in [0.2, 0.25) is 5.02 Å². The molecular weight excluding hydrogens is 336 g/mol. The van der Waals surface area contributed by atoms with Crippen LogP contribution in [-0.2, 0) is 0 Å². The number of nitriles is 1. The fourth-order valence-corrected chi connectivity index (χ4v) is 2.67. The zero-order valence-corrected chi connectivity index (χ0v) is 12.1. The monoisotopic (exact) mass is 340 g/mol. The molecule has 0 atom stereocenters. The van der Waals surface area contributed by atoms with E-state index in [0.29, 0.717) is 21.8 Å². The van der Waals surface area contributed by atoms with Crippen molar-refractivity contribution < 1.29 is 4.79 Å². The van der Waals surface area contributed by atoms with Crippen molar-refractivity contribution in [1.29, 1.82) is 5.26 Å². The number of anilines is 1. The van der Waals surface area contributed by atoms with Gasteiger partial charge in [-0.25, -0.2) is 0 Å². The Hall–Kier alpha value is -1.35. The average molecular weight is 342 g/mol. The van der Waals surface area contributed by atoms with Crippen molar-refractivity contribution in [3.05, 3.63) is 49.6 Å². The third-order valence-electron chi connectivity index (χ3n) is 2.18. The van der Waals surface area contributed by atoms with Crippen LogP contribution in [0.1, 0.15) is 15.9 Å². The van der Waals surface area contributed by atoms with Gasteiger partial charge in [0.05, 0.1) is 31.7 Å². The second-order valence-corrected chi connectivity index (χ2v) is 6.10. The summed E-state index contributed by atoms with van der Waals surface area (Å²) in [5, 5.41) is 13.5. The number of hydrogen-bond donors (Lipinski definition) is 1. The molecule has 90 valence electrons. The summed E-state index contributed by atoms with van der Waals surface area (Å²) in [5.74, 6) is -0.233. The second-order valence-electron chi connectivity index (χ2n) is 3.40. The fraction of sp³-hybridized carbons (Fsp3) is 0. The first-order chi connectivity index (χ1) is 8.60. The van der Waals surface area contributed by atoms with Crippen molar-refractivity contribution in [2.75, 3.05) is 5.32 Å². The van der Waals surface area contributed by atoms with Crippen molar-refractivity contribution in [1.82, 2.24) is 0 Å². The molecule has 0 bridgehead atoms. The van der Waals surface area contributed by atoms with Gasteiger partial charge >= 0.3 is 0 Å². The largest absolute Gasteiger partial charge is 0.321 e. The Balaban J connectivity index is 2.20. The summed E-state index contributed by atoms with van der Waals surface area (Å²) in [6.07, 6.45) is 0. The number of nitrogens with one attached hydrogen (secondary N) is 1. The highest BCUT2D eigenvalue weighted by Crippen LogP contribution is 2.25. The molecule has 3 nitrogen and oxygen atoms in total. The van der Waals surface area contributed by atoms with Gasteiger partial charge in [0.1, 0.15) is 0 Å². The van der Waals surface area contributed by atoms with Crippen molar-refractivity contribution >= 4 is 50.5 Å². The highest BCUT2D eigenvalue weighted by molar-refractivity contribution is 9.11. The molecule has 1 aromatic heterocycles. The van der Waals surface area contributed by atoms with Crippen molar-refractivity contribution in [2.45, 2.75) is 0 Å². The van der Waals surface area contributed by atoms with Gasteiger partial charge in [-0.1, -0.05) is 11.6 Å². The zero-order valence-electron chi connectivity index (χ0n) is 8.91. The Labute approximate surface area is 121 Å². The van der Waals surface area contributed by atoms with E-state index in [1.54, 1.807) is 23.6 Å². The minimum absolute atomic E-state index is 0.233. The van der Waals surface area contributed by atoms with Crippen LogP contribution in [0, 0.1) is 11.3 Å². The first kappa shape index (κ1) is 13.1. The highest BCUT2D eigenvalue weighted by Gasteiger charge is 2.10. The predicted molar refractivity (Wildman–Crippen MR) is 76.1 cm³/mol. The molecule has 0 fully saturated rings. The third-order valence-corrected chi connectivity index (χ3v) is 3.99. The van der Waals surface area contributed by atoms with E-state index in [1.807, 2.05) is 6.07 Å². The van der Waals surface area contributed by atoms with Crippen molar-refractivity contribution in [3.63, 3.8) is 0 Å². The average Bonchev–Trinajstić information content (AvgIpc) is 2.78. The van der Waals surface area contributed by atoms with Crippen LogP contribution in [0.5, 0.6) is 0 Å². The molecule has 0 aliphatic heterocycles. The van der Waals surface area contributed by atoms with E-state index >= 15 is 0 Å². The number of hydrogen-bond acceptors (Lipinski definition) is 3. The van der Waals surface area contributed by atoms with Crippen LogP contribution in [0.3, 0.4) is 0 Å². The van der Waals surface area contributed by atoms with Gasteiger partial charge in [-0.15, -0.1) is 11.3 Å². The van der Waals surface area contributed by atoms with Crippen LogP contribution in [0.4, 0.5) is 5.69 Å². The molecule has 0 unspecified atom stereocenters. The first-order valence-electron chi connectivity index (χ1n) is 4.85. The maximum absolute atomic E-state index is 11.9. The van der Waals surface area contributed by atoms with Crippen LogP contribution >= 0.6 is 38.9 Å². The first-order valence-corrected chi connectivity index (χ1v) is 6.90. The second kappa shape index (κ2) is 5.53. The Bertz CT molecular complexity index is 648. The van der Waals surface area contributed by atoms with Crippen LogP contribution in [0.15, 0.2) is 33.4 Å². The summed E-state index contributed by atoms with van der Waals surface area (Å²) >= 11 is 10.7. The van der Waals surface area contributed by atoms with Gasteiger partial charge in [0, 0.05) is 5.38 Å². The Morgan fingerprint density at radius 2 is 2.22 bits per heavy atom. The maximum atomic E-state index is 11.9. The number of halogens is 2. The lowest BCUT2D eigenvalue weighted by atomic mass is 10.2. The topological polar surface area (TPSA) is 52.9 Å². The normalized spacial score (nSPS) is 9.83. The molecule has 1 aromatic carbocycles. The Morgan fingerprint density at radius 3 is 2.78 bits per heavy atom. The standard InChI is InChI=1S/C12H6BrClN2OS/c13-11-4-8(6-18-11)12(17)16-10-2-1-7(5-15)3-9(10)14/h1-4,6H,(H,16,17). The van der Waals surface area contributed by atoms with Gasteiger partial charge in [-0.05, 0) is 40.2 Å². The lowest BCUT2D eigenvalue weighted by Crippen LogP contribution is -2.11. The van der Waals surface area contributed by atoms with Crippen molar-refractivity contribution in [2.24, 2.45) is 0 Å². The summed E-state index contributed by atoms with van der Waals surface area (Å²) in [7, 11) is 0. The molecular formula is C12H6BrClN2OS. The van der Waals surface area contributed by atoms with E-state index in [4.69, 9.17) is 16.9 Å². The predicted octanol–water partition coefficient (Wildman–Crippen LogP) is 4.29. The van der Waals surface area contributed by atoms with Gasteiger partial charge < -0.3 is 5.32 Å². The molecule has 2 aromatic rings. The molecule has 0 saturated carbocycles. The summed E-state index contributed by atoms with van der Waals surface area (Å²) in [6.45, 7) is 0. The minimum atomic E-state index is -0.233. The summed E-state index contributed by atoms with van der Waals surface area (Å²) in [6, 6.07) is 8.44. The molecule has 0 aliphatic carbocycles. The number of carbonyl (C=O) groups is 1. The summed E-state index contributed by atoms with van der Waals surface area (Å²) in [4.78, 5) is 11.9. The number of rotatable bonds is 2. The molecule has 0 radical (unpaired) electrons. The van der Waals surface area contributed by atoms with E-state index in [2.05, 4.69) is 21.2 Å². The number of thiophene rings is 1.